The summed E-state index contributed by atoms with van der Waals surface area (Å²) < 4.78 is 0. The molecule has 1 unspecified atom stereocenters. The number of carboxylic acid groups (broad SMARTS) is 1. The summed E-state index contributed by atoms with van der Waals surface area (Å²) in [6.45, 7) is 4.00. The molecule has 1 fully saturated rings. The smallest absolute Gasteiger partial charge is 0.326 e. The standard InChI is InChI=1S/C28H29N5O3/c1-17(2)26(28(35)36)33(25(34)14-18-3-4-18)16-19-5-6-24-15-23(12-11-22(24)13-19)20-7-9-21(10-8-20)27-29-31-32-30-27/h5-13,15,17-18,26H,3-4,14,16H2,1-2H3,(H,35,36)(H,29,30,31,32). The number of rotatable bonds is 9. The average molecular weight is 484 g/mol. The van der Waals surface area contributed by atoms with Crippen LogP contribution in [0.25, 0.3) is 33.3 Å². The minimum Gasteiger partial charge on any atom is -0.480 e. The Balaban J connectivity index is 1.38. The molecule has 0 radical (unpaired) electrons. The second-order valence-electron chi connectivity index (χ2n) is 9.91. The van der Waals surface area contributed by atoms with E-state index in [2.05, 4.69) is 44.9 Å². The first-order chi connectivity index (χ1) is 17.4. The van der Waals surface area contributed by atoms with Gasteiger partial charge in [-0.15, -0.1) is 10.2 Å². The largest absolute Gasteiger partial charge is 0.480 e. The number of carbonyl (C=O) groups excluding carboxylic acids is 1. The van der Waals surface area contributed by atoms with E-state index in [9.17, 15) is 14.7 Å². The van der Waals surface area contributed by atoms with Crippen LogP contribution >= 0.6 is 0 Å². The first-order valence-corrected chi connectivity index (χ1v) is 12.3. The third-order valence-corrected chi connectivity index (χ3v) is 6.78. The number of aliphatic carboxylic acids is 1. The van der Waals surface area contributed by atoms with Crippen LogP contribution in [0.2, 0.25) is 0 Å². The predicted molar refractivity (Wildman–Crippen MR) is 137 cm³/mol. The van der Waals surface area contributed by atoms with Crippen LogP contribution in [0.4, 0.5) is 0 Å². The fourth-order valence-electron chi connectivity index (χ4n) is 4.67. The quantitative estimate of drug-likeness (QED) is 0.349. The monoisotopic (exact) mass is 483 g/mol. The zero-order valence-corrected chi connectivity index (χ0v) is 20.4. The average Bonchev–Trinajstić information content (AvgIpc) is 3.50. The lowest BCUT2D eigenvalue weighted by Crippen LogP contribution is -2.47. The molecule has 0 saturated heterocycles. The normalized spacial score (nSPS) is 14.2. The van der Waals surface area contributed by atoms with Crippen molar-refractivity contribution in [2.45, 2.75) is 45.7 Å². The summed E-state index contributed by atoms with van der Waals surface area (Å²) in [5, 5.41) is 26.1. The van der Waals surface area contributed by atoms with E-state index in [1.165, 1.54) is 0 Å². The van der Waals surface area contributed by atoms with Crippen molar-refractivity contribution in [1.29, 1.82) is 0 Å². The van der Waals surface area contributed by atoms with Crippen molar-refractivity contribution in [2.75, 3.05) is 0 Å². The third-order valence-electron chi connectivity index (χ3n) is 6.78. The van der Waals surface area contributed by atoms with Crippen LogP contribution in [0.15, 0.2) is 60.7 Å². The third kappa shape index (κ3) is 5.12. The van der Waals surface area contributed by atoms with E-state index >= 15 is 0 Å². The Morgan fingerprint density at radius 3 is 2.28 bits per heavy atom. The minimum absolute atomic E-state index is 0.0710. The molecule has 1 heterocycles. The number of nitrogens with zero attached hydrogens (tertiary/aromatic N) is 4. The van der Waals surface area contributed by atoms with Crippen molar-refractivity contribution >= 4 is 22.6 Å². The highest BCUT2D eigenvalue weighted by molar-refractivity contribution is 5.88. The molecule has 1 saturated carbocycles. The van der Waals surface area contributed by atoms with Gasteiger partial charge < -0.3 is 10.0 Å². The van der Waals surface area contributed by atoms with E-state index < -0.39 is 12.0 Å². The molecule has 0 spiro atoms. The highest BCUT2D eigenvalue weighted by Gasteiger charge is 2.35. The van der Waals surface area contributed by atoms with Crippen molar-refractivity contribution in [1.82, 2.24) is 25.5 Å². The summed E-state index contributed by atoms with van der Waals surface area (Å²) >= 11 is 0. The number of fused-ring (bicyclic) bond motifs is 1. The minimum atomic E-state index is -0.954. The van der Waals surface area contributed by atoms with Crippen molar-refractivity contribution in [3.05, 3.63) is 66.2 Å². The summed E-state index contributed by atoms with van der Waals surface area (Å²) in [6, 6.07) is 19.5. The van der Waals surface area contributed by atoms with Crippen LogP contribution in [-0.4, -0.2) is 48.5 Å². The van der Waals surface area contributed by atoms with Crippen LogP contribution in [0.3, 0.4) is 0 Å². The number of hydrogen-bond acceptors (Lipinski definition) is 5. The van der Waals surface area contributed by atoms with E-state index in [1.54, 1.807) is 4.90 Å². The second kappa shape index (κ2) is 9.89. The van der Waals surface area contributed by atoms with E-state index in [4.69, 9.17) is 0 Å². The highest BCUT2D eigenvalue weighted by Crippen LogP contribution is 2.34. The number of H-pyrrole nitrogens is 1. The zero-order valence-electron chi connectivity index (χ0n) is 20.4. The summed E-state index contributed by atoms with van der Waals surface area (Å²) in [6.07, 6.45) is 2.53. The topological polar surface area (TPSA) is 112 Å². The van der Waals surface area contributed by atoms with Gasteiger partial charge in [-0.1, -0.05) is 62.4 Å². The summed E-state index contributed by atoms with van der Waals surface area (Å²) in [7, 11) is 0. The number of aromatic nitrogens is 4. The van der Waals surface area contributed by atoms with E-state index in [0.717, 1.165) is 45.9 Å². The number of aromatic amines is 1. The lowest BCUT2D eigenvalue weighted by molar-refractivity contribution is -0.153. The molecule has 8 nitrogen and oxygen atoms in total. The number of carboxylic acids is 1. The molecule has 0 aliphatic heterocycles. The molecule has 4 aromatic rings. The summed E-state index contributed by atoms with van der Waals surface area (Å²) in [5.41, 5.74) is 3.98. The molecule has 36 heavy (non-hydrogen) atoms. The van der Waals surface area contributed by atoms with Crippen LogP contribution in [0.1, 0.15) is 38.7 Å². The molecule has 1 aliphatic carbocycles. The van der Waals surface area contributed by atoms with E-state index in [-0.39, 0.29) is 18.4 Å². The Labute approximate surface area is 209 Å². The maximum atomic E-state index is 13.1. The van der Waals surface area contributed by atoms with Gasteiger partial charge in [-0.25, -0.2) is 4.79 Å². The SMILES string of the molecule is CC(C)C(C(=O)O)N(Cc1ccc2cc(-c3ccc(-c4nn[nH]n4)cc3)ccc2c1)C(=O)CC1CC1. The van der Waals surface area contributed by atoms with Crippen LogP contribution in [-0.2, 0) is 16.1 Å². The fraction of sp³-hybridized carbons (Fsp3) is 0.321. The van der Waals surface area contributed by atoms with Gasteiger partial charge in [0.25, 0.3) is 0 Å². The molecule has 2 N–H and O–H groups in total. The van der Waals surface area contributed by atoms with Crippen LogP contribution in [0, 0.1) is 11.8 Å². The van der Waals surface area contributed by atoms with Gasteiger partial charge in [-0.2, -0.15) is 5.21 Å². The molecular formula is C28H29N5O3. The first kappa shape index (κ1) is 23.7. The van der Waals surface area contributed by atoms with Crippen LogP contribution in [0.5, 0.6) is 0 Å². The zero-order chi connectivity index (χ0) is 25.2. The molecule has 184 valence electrons. The Hall–Kier alpha value is -4.07. The van der Waals surface area contributed by atoms with Gasteiger partial charge in [-0.3, -0.25) is 4.79 Å². The maximum Gasteiger partial charge on any atom is 0.326 e. The van der Waals surface area contributed by atoms with Gasteiger partial charge >= 0.3 is 5.97 Å². The van der Waals surface area contributed by atoms with Crippen molar-refractivity contribution in [3.8, 4) is 22.5 Å². The van der Waals surface area contributed by atoms with Gasteiger partial charge in [0.05, 0.1) is 0 Å². The van der Waals surface area contributed by atoms with E-state index in [0.29, 0.717) is 18.2 Å². The van der Waals surface area contributed by atoms with Gasteiger partial charge in [-0.05, 0) is 69.5 Å². The molecule has 3 aromatic carbocycles. The van der Waals surface area contributed by atoms with Gasteiger partial charge in [0.15, 0.2) is 0 Å². The Morgan fingerprint density at radius 1 is 0.972 bits per heavy atom. The van der Waals surface area contributed by atoms with Crippen molar-refractivity contribution < 1.29 is 14.7 Å². The molecule has 5 rings (SSSR count). The molecular weight excluding hydrogens is 454 g/mol. The fourth-order valence-corrected chi connectivity index (χ4v) is 4.67. The van der Waals surface area contributed by atoms with Crippen molar-refractivity contribution in [2.24, 2.45) is 11.8 Å². The maximum absolute atomic E-state index is 13.1. The van der Waals surface area contributed by atoms with Gasteiger partial charge in [0, 0.05) is 18.5 Å². The Morgan fingerprint density at radius 2 is 1.64 bits per heavy atom. The predicted octanol–water partition coefficient (Wildman–Crippen LogP) is 4.92. The lowest BCUT2D eigenvalue weighted by atomic mass is 9.98. The molecule has 1 aromatic heterocycles. The number of carbonyl (C=O) groups is 2. The highest BCUT2D eigenvalue weighted by atomic mass is 16.4. The van der Waals surface area contributed by atoms with Crippen molar-refractivity contribution in [3.63, 3.8) is 0 Å². The van der Waals surface area contributed by atoms with Gasteiger partial charge in [0.2, 0.25) is 11.7 Å². The number of tetrazole rings is 1. The number of benzene rings is 3. The number of hydrogen-bond donors (Lipinski definition) is 2. The molecule has 0 bridgehead atoms. The van der Waals surface area contributed by atoms with Gasteiger partial charge in [0.1, 0.15) is 6.04 Å². The summed E-state index contributed by atoms with van der Waals surface area (Å²) in [4.78, 5) is 26.7. The number of nitrogens with one attached hydrogen (secondary N) is 1. The molecule has 1 aliphatic rings. The summed E-state index contributed by atoms with van der Waals surface area (Å²) in [5.74, 6) is -0.249. The Bertz CT molecular complexity index is 1380. The second-order valence-corrected chi connectivity index (χ2v) is 9.91. The lowest BCUT2D eigenvalue weighted by Gasteiger charge is -2.32. The molecule has 8 heteroatoms. The van der Waals surface area contributed by atoms with Crippen LogP contribution < -0.4 is 0 Å². The Kier molecular flexibility index (Phi) is 6.50. The molecule has 1 atom stereocenters. The first-order valence-electron chi connectivity index (χ1n) is 12.3. The molecule has 1 amide bonds. The van der Waals surface area contributed by atoms with E-state index in [1.807, 2.05) is 50.2 Å². The number of amides is 1.